The van der Waals surface area contributed by atoms with E-state index in [1.54, 1.807) is 0 Å². The number of ether oxygens (including phenoxy) is 1. The monoisotopic (exact) mass is 722 g/mol. The van der Waals surface area contributed by atoms with Crippen LogP contribution in [-0.2, 0) is 28.7 Å². The molecular weight excluding hydrogens is 664 g/mol. The minimum atomic E-state index is -2.02. The van der Waals surface area contributed by atoms with Gasteiger partial charge in [0.1, 0.15) is 18.3 Å². The number of carbonyl (C=O) groups is 5. The van der Waals surface area contributed by atoms with Gasteiger partial charge in [0.2, 0.25) is 35.3 Å². The van der Waals surface area contributed by atoms with Crippen LogP contribution in [0.2, 0.25) is 0 Å². The second kappa shape index (κ2) is 25.0. The van der Waals surface area contributed by atoms with Gasteiger partial charge in [-0.1, -0.05) is 6.42 Å². The normalized spacial score (nSPS) is 20.0. The number of hydrogen-bond acceptors (Lipinski definition) is 14. The zero-order valence-corrected chi connectivity index (χ0v) is 29.0. The third kappa shape index (κ3) is 18.3. The summed E-state index contributed by atoms with van der Waals surface area (Å²) in [6.45, 7) is 2.08. The highest BCUT2D eigenvalue weighted by molar-refractivity contribution is 5.83. The van der Waals surface area contributed by atoms with Crippen LogP contribution in [0.3, 0.4) is 0 Å². The molecule has 19 nitrogen and oxygen atoms in total. The Morgan fingerprint density at radius 3 is 1.52 bits per heavy atom. The summed E-state index contributed by atoms with van der Waals surface area (Å²) in [7, 11) is 0. The summed E-state index contributed by atoms with van der Waals surface area (Å²) >= 11 is 0. The van der Waals surface area contributed by atoms with Gasteiger partial charge in [-0.15, -0.1) is 0 Å². The molecule has 0 bridgehead atoms. The third-order valence-corrected chi connectivity index (χ3v) is 8.11. The molecule has 19 heteroatoms. The van der Waals surface area contributed by atoms with Crippen LogP contribution in [0.15, 0.2) is 0 Å². The van der Waals surface area contributed by atoms with Gasteiger partial charge in [0, 0.05) is 65.3 Å². The molecule has 0 radical (unpaired) electrons. The van der Waals surface area contributed by atoms with Crippen molar-refractivity contribution in [2.24, 2.45) is 0 Å². The molecule has 1 unspecified atom stereocenters. The largest absolute Gasteiger partial charge is 0.394 e. The van der Waals surface area contributed by atoms with Crippen molar-refractivity contribution in [3.8, 4) is 0 Å². The summed E-state index contributed by atoms with van der Waals surface area (Å²) < 4.78 is 5.13. The maximum Gasteiger partial charge on any atom is 0.246 e. The molecule has 290 valence electrons. The maximum absolute atomic E-state index is 12.1. The number of hydroxylamine groups is 6. The molecule has 1 aliphatic heterocycles. The van der Waals surface area contributed by atoms with Crippen LogP contribution in [0, 0.1) is 0 Å². The molecule has 1 heterocycles. The first-order chi connectivity index (χ1) is 23.7. The molecule has 0 aromatic heterocycles. The van der Waals surface area contributed by atoms with Crippen molar-refractivity contribution in [1.82, 2.24) is 31.1 Å². The first-order valence-corrected chi connectivity index (χ1v) is 17.3. The number of hydrogen-bond donors (Lipinski definition) is 10. The van der Waals surface area contributed by atoms with E-state index in [0.717, 1.165) is 0 Å². The first kappa shape index (κ1) is 45.0. The zero-order chi connectivity index (χ0) is 37.5. The molecule has 0 saturated carbocycles. The number of rotatable bonds is 27. The second-order valence-corrected chi connectivity index (χ2v) is 12.4. The summed E-state index contributed by atoms with van der Waals surface area (Å²) in [5.41, 5.74) is 0. The Labute approximate surface area is 292 Å². The van der Waals surface area contributed by atoms with Gasteiger partial charge in [0.25, 0.3) is 0 Å². The molecule has 1 rings (SSSR count). The van der Waals surface area contributed by atoms with Gasteiger partial charge in [0.05, 0.1) is 13.2 Å². The van der Waals surface area contributed by atoms with E-state index in [2.05, 4.69) is 16.0 Å². The van der Waals surface area contributed by atoms with Gasteiger partial charge in [-0.25, -0.2) is 15.2 Å². The predicted molar refractivity (Wildman–Crippen MR) is 174 cm³/mol. The van der Waals surface area contributed by atoms with Crippen LogP contribution in [-0.4, -0.2) is 157 Å². The van der Waals surface area contributed by atoms with Crippen LogP contribution in [0.5, 0.6) is 0 Å². The van der Waals surface area contributed by atoms with Crippen molar-refractivity contribution >= 4 is 29.5 Å². The van der Waals surface area contributed by atoms with Gasteiger partial charge in [-0.05, 0) is 57.9 Å². The van der Waals surface area contributed by atoms with Crippen LogP contribution in [0.4, 0.5) is 0 Å². The Morgan fingerprint density at radius 1 is 0.660 bits per heavy atom. The summed E-state index contributed by atoms with van der Waals surface area (Å²) in [5.74, 6) is -4.29. The number of amides is 5. The fourth-order valence-electron chi connectivity index (χ4n) is 4.98. The highest BCUT2D eigenvalue weighted by atomic mass is 16.7. The lowest BCUT2D eigenvalue weighted by atomic mass is 10.1. The Kier molecular flexibility index (Phi) is 22.5. The SMILES string of the molecule is CC(=O)N(O)CCCCCNC(=O)CCC(=O)N(O)CCCCCNC(=O)CCC(=O)N(O)CCCCCNCC1(O)O[C@H](CO)[C@@H](O)[C@@H]1O. The zero-order valence-electron chi connectivity index (χ0n) is 29.0. The Morgan fingerprint density at radius 2 is 1.10 bits per heavy atom. The van der Waals surface area contributed by atoms with E-state index >= 15 is 0 Å². The summed E-state index contributed by atoms with van der Waals surface area (Å²) in [6.07, 6.45) is 0.793. The number of carbonyl (C=O) groups excluding carboxylic acids is 5. The minimum Gasteiger partial charge on any atom is -0.394 e. The topological polar surface area (TPSA) is 282 Å². The predicted octanol–water partition coefficient (Wildman–Crippen LogP) is -1.65. The Hall–Kier alpha value is -3.01. The summed E-state index contributed by atoms with van der Waals surface area (Å²) in [6, 6.07) is 0. The number of unbranched alkanes of at least 4 members (excludes halogenated alkanes) is 6. The number of aliphatic hydroxyl groups excluding tert-OH is 3. The van der Waals surface area contributed by atoms with Gasteiger partial charge in [-0.3, -0.25) is 39.6 Å². The van der Waals surface area contributed by atoms with E-state index < -0.39 is 48.4 Å². The van der Waals surface area contributed by atoms with Crippen LogP contribution in [0.1, 0.15) is 90.4 Å². The number of aliphatic hydroxyl groups is 4. The average molecular weight is 723 g/mol. The lowest BCUT2D eigenvalue weighted by Crippen LogP contribution is -2.50. The van der Waals surface area contributed by atoms with Crippen LogP contribution >= 0.6 is 0 Å². The molecule has 0 aromatic rings. The van der Waals surface area contributed by atoms with E-state index in [9.17, 15) is 54.9 Å². The Bertz CT molecular complexity index is 1040. The molecule has 1 aliphatic rings. The van der Waals surface area contributed by atoms with Crippen molar-refractivity contribution < 1.29 is 64.8 Å². The van der Waals surface area contributed by atoms with Gasteiger partial charge in [0.15, 0.2) is 0 Å². The molecule has 1 fully saturated rings. The third-order valence-electron chi connectivity index (χ3n) is 8.11. The Balaban J connectivity index is 2.01. The van der Waals surface area contributed by atoms with Crippen molar-refractivity contribution in [2.75, 3.05) is 52.4 Å². The molecule has 1 saturated heterocycles. The maximum atomic E-state index is 12.1. The van der Waals surface area contributed by atoms with Crippen molar-refractivity contribution in [2.45, 2.75) is 114 Å². The molecular formula is C31H58N6O13. The van der Waals surface area contributed by atoms with E-state index in [-0.39, 0.29) is 63.7 Å². The quantitative estimate of drug-likeness (QED) is 0.0259. The standard InChI is InChI=1S/C31H58N6O13/c1-23(39)35(47)18-8-3-6-16-33-25(40)12-14-28(43)37(49)20-10-4-7-17-34-26(41)11-13-27(42)36(48)19-9-2-5-15-32-22-31(46)30(45)29(44)24(21-38)50-31/h24,29-30,32,38,44-49H,2-22H2,1H3,(H,33,40)(H,34,41)/t24-,29-,30+,31?/m1/s1. The highest BCUT2D eigenvalue weighted by Crippen LogP contribution is 2.28. The molecule has 50 heavy (non-hydrogen) atoms. The number of nitrogens with zero attached hydrogens (tertiary/aromatic N) is 3. The molecule has 10 N–H and O–H groups in total. The van der Waals surface area contributed by atoms with Crippen LogP contribution < -0.4 is 16.0 Å². The smallest absolute Gasteiger partial charge is 0.246 e. The van der Waals surface area contributed by atoms with Crippen molar-refractivity contribution in [3.63, 3.8) is 0 Å². The molecule has 5 amide bonds. The van der Waals surface area contributed by atoms with Gasteiger partial charge >= 0.3 is 0 Å². The average Bonchev–Trinajstić information content (AvgIpc) is 3.31. The first-order valence-electron chi connectivity index (χ1n) is 17.3. The lowest BCUT2D eigenvalue weighted by molar-refractivity contribution is -0.226. The molecule has 0 aromatic carbocycles. The second-order valence-electron chi connectivity index (χ2n) is 12.4. The minimum absolute atomic E-state index is 0.0668. The van der Waals surface area contributed by atoms with Crippen LogP contribution in [0.25, 0.3) is 0 Å². The fraction of sp³-hybridized carbons (Fsp3) is 0.839. The van der Waals surface area contributed by atoms with Gasteiger partial charge < -0.3 is 41.1 Å². The molecule has 4 atom stereocenters. The van der Waals surface area contributed by atoms with E-state index in [1.807, 2.05) is 0 Å². The van der Waals surface area contributed by atoms with Gasteiger partial charge in [-0.2, -0.15) is 0 Å². The number of nitrogens with one attached hydrogen (secondary N) is 3. The summed E-state index contributed by atoms with van der Waals surface area (Å²) in [4.78, 5) is 59.1. The van der Waals surface area contributed by atoms with E-state index in [0.29, 0.717) is 92.6 Å². The fourth-order valence-corrected chi connectivity index (χ4v) is 4.98. The van der Waals surface area contributed by atoms with Crippen molar-refractivity contribution in [1.29, 1.82) is 0 Å². The highest BCUT2D eigenvalue weighted by Gasteiger charge is 2.52. The van der Waals surface area contributed by atoms with E-state index in [1.165, 1.54) is 6.92 Å². The van der Waals surface area contributed by atoms with Crippen molar-refractivity contribution in [3.05, 3.63) is 0 Å². The lowest BCUT2D eigenvalue weighted by Gasteiger charge is -2.26. The van der Waals surface area contributed by atoms with E-state index in [4.69, 9.17) is 9.84 Å². The molecule has 0 spiro atoms. The summed E-state index contributed by atoms with van der Waals surface area (Å²) in [5, 5.41) is 78.3. The molecule has 0 aliphatic carbocycles.